The van der Waals surface area contributed by atoms with Crippen molar-refractivity contribution in [1.82, 2.24) is 0 Å². The first-order valence-electron chi connectivity index (χ1n) is 5.74. The number of nitrogen functional groups attached to an aromatic ring is 1. The molecule has 8 heteroatoms. The molecule has 21 heavy (non-hydrogen) atoms. The molecule has 0 radical (unpaired) electrons. The summed E-state index contributed by atoms with van der Waals surface area (Å²) >= 11 is 8.78. The maximum absolute atomic E-state index is 13.4. The van der Waals surface area contributed by atoms with Gasteiger partial charge in [0.15, 0.2) is 0 Å². The molecule has 0 saturated heterocycles. The second-order valence-corrected chi connectivity index (χ2v) is 7.31. The highest BCUT2D eigenvalue weighted by molar-refractivity contribution is 9.10. The minimum atomic E-state index is -3.84. The maximum Gasteiger partial charge on any atom is 0.261 e. The van der Waals surface area contributed by atoms with E-state index in [-0.39, 0.29) is 25.8 Å². The number of halogens is 3. The third kappa shape index (κ3) is 3.48. The summed E-state index contributed by atoms with van der Waals surface area (Å²) < 4.78 is 40.5. The van der Waals surface area contributed by atoms with Gasteiger partial charge in [0.05, 0.1) is 25.8 Å². The topological polar surface area (TPSA) is 72.2 Å². The Hall–Kier alpha value is -1.31. The van der Waals surface area contributed by atoms with Gasteiger partial charge in [0.2, 0.25) is 0 Å². The van der Waals surface area contributed by atoms with Crippen LogP contribution in [0, 0.1) is 12.7 Å². The van der Waals surface area contributed by atoms with Gasteiger partial charge in [-0.05, 0) is 58.7 Å². The Balaban J connectivity index is 2.42. The summed E-state index contributed by atoms with van der Waals surface area (Å²) in [5.41, 5.74) is 6.50. The largest absolute Gasteiger partial charge is 0.397 e. The molecule has 2 aromatic rings. The van der Waals surface area contributed by atoms with E-state index in [1.54, 1.807) is 6.92 Å². The van der Waals surface area contributed by atoms with Gasteiger partial charge < -0.3 is 5.73 Å². The minimum Gasteiger partial charge on any atom is -0.397 e. The van der Waals surface area contributed by atoms with E-state index in [4.69, 9.17) is 17.3 Å². The number of hydrogen-bond donors (Lipinski definition) is 2. The number of aryl methyl sites for hydroxylation is 1. The Morgan fingerprint density at radius 3 is 2.57 bits per heavy atom. The van der Waals surface area contributed by atoms with Crippen LogP contribution >= 0.6 is 27.5 Å². The van der Waals surface area contributed by atoms with Crippen LogP contribution in [-0.2, 0) is 10.0 Å². The second-order valence-electron chi connectivity index (χ2n) is 4.37. The molecule has 2 aromatic carbocycles. The highest BCUT2D eigenvalue weighted by Crippen LogP contribution is 2.28. The number of nitrogens with one attached hydrogen (secondary N) is 1. The summed E-state index contributed by atoms with van der Waals surface area (Å²) in [6.45, 7) is 1.60. The van der Waals surface area contributed by atoms with E-state index in [1.807, 2.05) is 0 Å². The molecule has 0 atom stereocenters. The van der Waals surface area contributed by atoms with Crippen LogP contribution in [0.2, 0.25) is 5.02 Å². The number of nitrogens with two attached hydrogens (primary N) is 1. The standard InChI is InChI=1S/C13H11BrClFN2O2S/c1-7-4-11(16)9(14)6-13(7)18-21(19,20)8-2-3-10(15)12(17)5-8/h2-6,18H,17H2,1H3. The zero-order valence-electron chi connectivity index (χ0n) is 10.8. The predicted octanol–water partition coefficient (Wildman–Crippen LogP) is 3.93. The molecule has 0 aliphatic rings. The predicted molar refractivity (Wildman–Crippen MR) is 85.5 cm³/mol. The van der Waals surface area contributed by atoms with Gasteiger partial charge >= 0.3 is 0 Å². The van der Waals surface area contributed by atoms with Crippen molar-refractivity contribution in [2.75, 3.05) is 10.5 Å². The lowest BCUT2D eigenvalue weighted by Crippen LogP contribution is -2.14. The fourth-order valence-corrected chi connectivity index (χ4v) is 3.27. The van der Waals surface area contributed by atoms with Crippen molar-refractivity contribution < 1.29 is 12.8 Å². The van der Waals surface area contributed by atoms with Gasteiger partial charge in [0.1, 0.15) is 5.82 Å². The van der Waals surface area contributed by atoms with Gasteiger partial charge in [0, 0.05) is 0 Å². The first-order valence-corrected chi connectivity index (χ1v) is 8.39. The number of rotatable bonds is 3. The van der Waals surface area contributed by atoms with E-state index in [9.17, 15) is 12.8 Å². The molecule has 4 nitrogen and oxygen atoms in total. The van der Waals surface area contributed by atoms with E-state index in [2.05, 4.69) is 20.7 Å². The van der Waals surface area contributed by atoms with Gasteiger partial charge in [0.25, 0.3) is 10.0 Å². The van der Waals surface area contributed by atoms with Crippen LogP contribution in [-0.4, -0.2) is 8.42 Å². The van der Waals surface area contributed by atoms with Crippen molar-refractivity contribution in [3.05, 3.63) is 51.2 Å². The molecule has 0 aliphatic carbocycles. The Bertz CT molecular complexity index is 812. The zero-order chi connectivity index (χ0) is 15.8. The van der Waals surface area contributed by atoms with Crippen LogP contribution in [0.4, 0.5) is 15.8 Å². The van der Waals surface area contributed by atoms with Crippen LogP contribution in [0.25, 0.3) is 0 Å². The highest BCUT2D eigenvalue weighted by Gasteiger charge is 2.17. The molecular weight excluding hydrogens is 383 g/mol. The number of hydrogen-bond acceptors (Lipinski definition) is 3. The lowest BCUT2D eigenvalue weighted by Gasteiger charge is -2.12. The molecule has 0 aromatic heterocycles. The molecule has 0 aliphatic heterocycles. The quantitative estimate of drug-likeness (QED) is 0.776. The minimum absolute atomic E-state index is 0.0238. The fraction of sp³-hybridized carbons (Fsp3) is 0.0769. The number of sulfonamides is 1. The smallest absolute Gasteiger partial charge is 0.261 e. The maximum atomic E-state index is 13.4. The van der Waals surface area contributed by atoms with Crippen LogP contribution in [0.3, 0.4) is 0 Å². The molecular formula is C13H11BrClFN2O2S. The van der Waals surface area contributed by atoms with E-state index in [0.29, 0.717) is 5.56 Å². The van der Waals surface area contributed by atoms with Crippen molar-refractivity contribution in [3.8, 4) is 0 Å². The summed E-state index contributed by atoms with van der Waals surface area (Å²) in [7, 11) is -3.84. The molecule has 112 valence electrons. The van der Waals surface area contributed by atoms with Crippen molar-refractivity contribution in [1.29, 1.82) is 0 Å². The van der Waals surface area contributed by atoms with E-state index in [1.165, 1.54) is 30.3 Å². The Labute approximate surface area is 135 Å². The third-order valence-corrected chi connectivity index (χ3v) is 5.10. The summed E-state index contributed by atoms with van der Waals surface area (Å²) in [6, 6.07) is 6.60. The molecule has 0 heterocycles. The molecule has 0 saturated carbocycles. The molecule has 0 spiro atoms. The van der Waals surface area contributed by atoms with Crippen molar-refractivity contribution >= 4 is 48.9 Å². The van der Waals surface area contributed by atoms with Crippen LogP contribution in [0.1, 0.15) is 5.56 Å². The second kappa shape index (κ2) is 5.82. The molecule has 0 bridgehead atoms. The lowest BCUT2D eigenvalue weighted by atomic mass is 10.2. The monoisotopic (exact) mass is 392 g/mol. The van der Waals surface area contributed by atoms with Crippen molar-refractivity contribution in [3.63, 3.8) is 0 Å². The van der Waals surface area contributed by atoms with Crippen LogP contribution < -0.4 is 10.5 Å². The van der Waals surface area contributed by atoms with Gasteiger partial charge in [-0.15, -0.1) is 0 Å². The molecule has 3 N–H and O–H groups in total. The summed E-state index contributed by atoms with van der Waals surface area (Å²) in [4.78, 5) is -0.0238. The average Bonchev–Trinajstić information content (AvgIpc) is 2.39. The summed E-state index contributed by atoms with van der Waals surface area (Å²) in [5.74, 6) is -0.466. The van der Waals surface area contributed by atoms with Crippen molar-refractivity contribution in [2.24, 2.45) is 0 Å². The van der Waals surface area contributed by atoms with Gasteiger partial charge in [-0.2, -0.15) is 0 Å². The normalized spacial score (nSPS) is 11.4. The van der Waals surface area contributed by atoms with E-state index in [0.717, 1.165) is 0 Å². The molecule has 2 rings (SSSR count). The van der Waals surface area contributed by atoms with Crippen molar-refractivity contribution in [2.45, 2.75) is 11.8 Å². The highest BCUT2D eigenvalue weighted by atomic mass is 79.9. The fourth-order valence-electron chi connectivity index (χ4n) is 1.65. The van der Waals surface area contributed by atoms with Crippen LogP contribution in [0.15, 0.2) is 39.7 Å². The Kier molecular flexibility index (Phi) is 4.46. The van der Waals surface area contributed by atoms with Crippen LogP contribution in [0.5, 0.6) is 0 Å². The van der Waals surface area contributed by atoms with E-state index < -0.39 is 15.8 Å². The summed E-state index contributed by atoms with van der Waals surface area (Å²) in [5, 5.41) is 0.273. The molecule has 0 unspecified atom stereocenters. The SMILES string of the molecule is Cc1cc(F)c(Br)cc1NS(=O)(=O)c1ccc(Cl)c(N)c1. The molecule has 0 amide bonds. The molecule has 0 fully saturated rings. The number of benzene rings is 2. The van der Waals surface area contributed by atoms with Gasteiger partial charge in [-0.3, -0.25) is 4.72 Å². The zero-order valence-corrected chi connectivity index (χ0v) is 14.0. The van der Waals surface area contributed by atoms with E-state index >= 15 is 0 Å². The summed E-state index contributed by atoms with van der Waals surface area (Å²) in [6.07, 6.45) is 0. The first-order chi connectivity index (χ1) is 9.70. The average molecular weight is 394 g/mol. The third-order valence-electron chi connectivity index (χ3n) is 2.79. The first kappa shape index (κ1) is 16.1. The Morgan fingerprint density at radius 1 is 1.29 bits per heavy atom. The van der Waals surface area contributed by atoms with Gasteiger partial charge in [-0.25, -0.2) is 12.8 Å². The number of anilines is 2. The van der Waals surface area contributed by atoms with Gasteiger partial charge in [-0.1, -0.05) is 11.6 Å². The Morgan fingerprint density at radius 2 is 1.95 bits per heavy atom. The lowest BCUT2D eigenvalue weighted by molar-refractivity contribution is 0.600.